The van der Waals surface area contributed by atoms with Gasteiger partial charge in [0.25, 0.3) is 0 Å². The van der Waals surface area contributed by atoms with Crippen molar-refractivity contribution >= 4 is 56.0 Å². The molecule has 2 aromatic carbocycles. The van der Waals surface area contributed by atoms with E-state index in [2.05, 4.69) is 9.71 Å². The normalized spacial score (nSPS) is 15.4. The van der Waals surface area contributed by atoms with Gasteiger partial charge < -0.3 is 14.7 Å². The number of aryl methyl sites for hydroxylation is 2. The number of hydrogen-bond acceptors (Lipinski definition) is 6. The molecule has 1 amide bonds. The molecule has 9 nitrogen and oxygen atoms in total. The fourth-order valence-corrected chi connectivity index (χ4v) is 6.92. The number of ether oxygens (including phenoxy) is 1. The Morgan fingerprint density at radius 1 is 1.16 bits per heavy atom. The van der Waals surface area contributed by atoms with E-state index in [-0.39, 0.29) is 58.9 Å². The Kier molecular flexibility index (Phi) is 7.90. The first kappa shape index (κ1) is 28.1. The molecule has 0 saturated carbocycles. The molecule has 4 rings (SSSR count). The van der Waals surface area contributed by atoms with Crippen LogP contribution in [0.4, 0.5) is 0 Å². The number of aromatic nitrogens is 1. The van der Waals surface area contributed by atoms with Crippen molar-refractivity contribution in [3.63, 3.8) is 0 Å². The Bertz CT molecular complexity index is 1540. The number of carboxylic acid groups (broad SMARTS) is 1. The smallest absolute Gasteiger partial charge is 0.325 e. The number of benzene rings is 2. The molecular formula is C26H27Cl2N3O6S. The van der Waals surface area contributed by atoms with Gasteiger partial charge in [0.2, 0.25) is 15.9 Å². The maximum absolute atomic E-state index is 13.4. The highest BCUT2D eigenvalue weighted by Gasteiger charge is 2.45. The molecule has 0 radical (unpaired) electrons. The molecule has 1 aliphatic heterocycles. The monoisotopic (exact) mass is 579 g/mol. The third-order valence-electron chi connectivity index (χ3n) is 6.75. The number of amides is 1. The molecule has 2 N–H and O–H groups in total. The summed E-state index contributed by atoms with van der Waals surface area (Å²) < 4.78 is 35.1. The van der Waals surface area contributed by atoms with Crippen molar-refractivity contribution < 1.29 is 27.9 Å². The summed E-state index contributed by atoms with van der Waals surface area (Å²) >= 11 is 12.9. The molecule has 12 heteroatoms. The Balaban J connectivity index is 1.63. The van der Waals surface area contributed by atoms with Gasteiger partial charge in [0.05, 0.1) is 5.02 Å². The zero-order valence-corrected chi connectivity index (χ0v) is 23.4. The number of aliphatic carboxylic acids is 1. The highest BCUT2D eigenvalue weighted by atomic mass is 35.5. The number of carbonyl (C=O) groups excluding carboxylic acids is 1. The lowest BCUT2D eigenvalue weighted by Gasteiger charge is -2.38. The van der Waals surface area contributed by atoms with Gasteiger partial charge in [-0.1, -0.05) is 35.3 Å². The van der Waals surface area contributed by atoms with Gasteiger partial charge in [0, 0.05) is 41.7 Å². The average Bonchev–Trinajstić information content (AvgIpc) is 2.83. The highest BCUT2D eigenvalue weighted by Crippen LogP contribution is 2.35. The van der Waals surface area contributed by atoms with E-state index >= 15 is 0 Å². The maximum atomic E-state index is 13.4. The fraction of sp³-hybridized carbons (Fsp3) is 0.346. The van der Waals surface area contributed by atoms with Crippen LogP contribution in [0.2, 0.25) is 10.0 Å². The van der Waals surface area contributed by atoms with E-state index in [4.69, 9.17) is 27.9 Å². The van der Waals surface area contributed by atoms with Crippen LogP contribution in [0.3, 0.4) is 0 Å². The Hall–Kier alpha value is -2.92. The van der Waals surface area contributed by atoms with E-state index in [0.717, 1.165) is 16.6 Å². The SMILES string of the molecule is CC(=O)N1CCC(NS(=O)(=O)c2ccc(Cl)c(COc3cccc4c(C)cc(C)nc34)c2Cl)(C(=O)O)CC1. The van der Waals surface area contributed by atoms with Crippen molar-refractivity contribution in [2.45, 2.75) is 50.7 Å². The number of para-hydroxylation sites is 1. The number of carbonyl (C=O) groups is 2. The van der Waals surface area contributed by atoms with E-state index < -0.39 is 21.5 Å². The van der Waals surface area contributed by atoms with Gasteiger partial charge in [0.15, 0.2) is 0 Å². The fourth-order valence-electron chi connectivity index (χ4n) is 4.61. The minimum absolute atomic E-state index is 0.0881. The third kappa shape index (κ3) is 5.44. The minimum atomic E-state index is -4.39. The van der Waals surface area contributed by atoms with Crippen molar-refractivity contribution in [1.82, 2.24) is 14.6 Å². The number of pyridine rings is 1. The van der Waals surface area contributed by atoms with Crippen LogP contribution in [0.25, 0.3) is 10.9 Å². The largest absolute Gasteiger partial charge is 0.487 e. The molecule has 2 heterocycles. The van der Waals surface area contributed by atoms with Gasteiger partial charge >= 0.3 is 5.97 Å². The first-order valence-electron chi connectivity index (χ1n) is 11.8. The average molecular weight is 580 g/mol. The van der Waals surface area contributed by atoms with Gasteiger partial charge in [-0.25, -0.2) is 13.4 Å². The summed E-state index contributed by atoms with van der Waals surface area (Å²) in [6, 6.07) is 10.1. The van der Waals surface area contributed by atoms with Crippen molar-refractivity contribution in [2.24, 2.45) is 0 Å². The lowest BCUT2D eigenvalue weighted by Crippen LogP contribution is -2.60. The molecule has 0 spiro atoms. The van der Waals surface area contributed by atoms with E-state index in [1.54, 1.807) is 6.07 Å². The van der Waals surface area contributed by atoms with Crippen LogP contribution in [0.15, 0.2) is 41.3 Å². The number of fused-ring (bicyclic) bond motifs is 1. The van der Waals surface area contributed by atoms with Gasteiger partial charge in [-0.3, -0.25) is 9.59 Å². The summed E-state index contributed by atoms with van der Waals surface area (Å²) in [4.78, 5) is 29.6. The number of carboxylic acids is 1. The standard InChI is InChI=1S/C26H27Cl2N3O6S/c1-15-13-16(2)29-24-18(15)5-4-6-21(24)37-14-19-20(27)7-8-22(23(19)28)38(35,36)30-26(25(33)34)9-11-31(12-10-26)17(3)32/h4-8,13,30H,9-12,14H2,1-3H3,(H,33,34). The molecule has 0 unspecified atom stereocenters. The Morgan fingerprint density at radius 2 is 1.84 bits per heavy atom. The molecule has 1 saturated heterocycles. The van der Waals surface area contributed by atoms with Gasteiger partial charge in [0.1, 0.15) is 28.3 Å². The number of likely N-dealkylation sites (tertiary alicyclic amines) is 1. The van der Waals surface area contributed by atoms with Crippen LogP contribution in [0, 0.1) is 13.8 Å². The zero-order valence-electron chi connectivity index (χ0n) is 21.0. The van der Waals surface area contributed by atoms with Crippen molar-refractivity contribution in [1.29, 1.82) is 0 Å². The Labute approximate surface area is 230 Å². The van der Waals surface area contributed by atoms with Gasteiger partial charge in [-0.05, 0) is 56.5 Å². The lowest BCUT2D eigenvalue weighted by atomic mass is 9.89. The molecule has 202 valence electrons. The second-order valence-corrected chi connectivity index (χ2v) is 11.8. The predicted molar refractivity (Wildman–Crippen MR) is 144 cm³/mol. The topological polar surface area (TPSA) is 126 Å². The molecule has 3 aromatic rings. The summed E-state index contributed by atoms with van der Waals surface area (Å²) in [5.41, 5.74) is 0.961. The van der Waals surface area contributed by atoms with E-state index in [1.807, 2.05) is 32.0 Å². The van der Waals surface area contributed by atoms with Crippen LogP contribution in [-0.2, 0) is 26.2 Å². The van der Waals surface area contributed by atoms with Crippen LogP contribution in [0.5, 0.6) is 5.75 Å². The van der Waals surface area contributed by atoms with E-state index in [0.29, 0.717) is 11.3 Å². The number of sulfonamides is 1. The second kappa shape index (κ2) is 10.7. The molecule has 1 fully saturated rings. The van der Waals surface area contributed by atoms with Crippen molar-refractivity contribution in [2.75, 3.05) is 13.1 Å². The molecule has 0 atom stereocenters. The number of piperidine rings is 1. The number of nitrogens with zero attached hydrogens (tertiary/aromatic N) is 2. The highest BCUT2D eigenvalue weighted by molar-refractivity contribution is 7.89. The maximum Gasteiger partial charge on any atom is 0.325 e. The molecular weight excluding hydrogens is 553 g/mol. The quantitative estimate of drug-likeness (QED) is 0.422. The van der Waals surface area contributed by atoms with Crippen LogP contribution >= 0.6 is 23.2 Å². The molecule has 1 aliphatic rings. The number of nitrogens with one attached hydrogen (secondary N) is 1. The zero-order chi connectivity index (χ0) is 27.8. The summed E-state index contributed by atoms with van der Waals surface area (Å²) in [7, 11) is -4.39. The van der Waals surface area contributed by atoms with Crippen molar-refractivity contribution in [3.05, 3.63) is 63.3 Å². The third-order valence-corrected chi connectivity index (χ3v) is 9.23. The summed E-state index contributed by atoms with van der Waals surface area (Å²) in [5.74, 6) is -1.05. The van der Waals surface area contributed by atoms with Crippen LogP contribution in [0.1, 0.15) is 36.6 Å². The molecule has 0 aliphatic carbocycles. The second-order valence-electron chi connectivity index (χ2n) is 9.36. The number of hydrogen-bond donors (Lipinski definition) is 2. The van der Waals surface area contributed by atoms with Gasteiger partial charge in [-0.15, -0.1) is 0 Å². The first-order chi connectivity index (χ1) is 17.8. The predicted octanol–water partition coefficient (Wildman–Crippen LogP) is 4.48. The molecule has 38 heavy (non-hydrogen) atoms. The van der Waals surface area contributed by atoms with Gasteiger partial charge in [-0.2, -0.15) is 4.72 Å². The summed E-state index contributed by atoms with van der Waals surface area (Å²) in [5, 5.41) is 10.9. The first-order valence-corrected chi connectivity index (χ1v) is 14.1. The number of halogens is 2. The summed E-state index contributed by atoms with van der Waals surface area (Å²) in [6.07, 6.45) is -0.176. The Morgan fingerprint density at radius 3 is 2.47 bits per heavy atom. The lowest BCUT2D eigenvalue weighted by molar-refractivity contribution is -0.148. The van der Waals surface area contributed by atoms with E-state index in [9.17, 15) is 23.1 Å². The van der Waals surface area contributed by atoms with Crippen LogP contribution in [-0.4, -0.2) is 53.9 Å². The van der Waals surface area contributed by atoms with Crippen LogP contribution < -0.4 is 9.46 Å². The minimum Gasteiger partial charge on any atom is -0.487 e. The van der Waals surface area contributed by atoms with E-state index in [1.165, 1.54) is 24.0 Å². The number of rotatable bonds is 7. The molecule has 1 aromatic heterocycles. The molecule has 0 bridgehead atoms. The van der Waals surface area contributed by atoms with Crippen molar-refractivity contribution in [3.8, 4) is 5.75 Å². The summed E-state index contributed by atoms with van der Waals surface area (Å²) in [6.45, 7) is 5.30.